The number of carbonyl (C=O) groups is 2. The summed E-state index contributed by atoms with van der Waals surface area (Å²) in [5.41, 5.74) is 0.436. The van der Waals surface area contributed by atoms with Gasteiger partial charge in [0.25, 0.3) is 0 Å². The maximum Gasteiger partial charge on any atom is 0.337 e. The molecule has 3 nitrogen and oxygen atoms in total. The number of hydrogen-bond donors (Lipinski definition) is 1. The van der Waals surface area contributed by atoms with E-state index >= 15 is 0 Å². The second kappa shape index (κ2) is 16.4. The van der Waals surface area contributed by atoms with E-state index in [1.165, 1.54) is 95.6 Å². The molecule has 0 saturated carbocycles. The van der Waals surface area contributed by atoms with Crippen molar-refractivity contribution in [3.05, 3.63) is 34.3 Å². The van der Waals surface area contributed by atoms with Gasteiger partial charge in [0, 0.05) is 12.0 Å². The van der Waals surface area contributed by atoms with Crippen molar-refractivity contribution in [1.82, 2.24) is 0 Å². The molecule has 1 N–H and O–H groups in total. The molecule has 0 unspecified atom stereocenters. The van der Waals surface area contributed by atoms with E-state index in [9.17, 15) is 9.59 Å². The molecule has 0 fully saturated rings. The molecule has 4 heteroatoms. The quantitative estimate of drug-likeness (QED) is 0.190. The maximum atomic E-state index is 12.2. The highest BCUT2D eigenvalue weighted by atomic mass is 35.5. The summed E-state index contributed by atoms with van der Waals surface area (Å²) in [4.78, 5) is 23.3. The molecule has 0 amide bonds. The van der Waals surface area contributed by atoms with Crippen LogP contribution in [0.3, 0.4) is 0 Å². The molecule has 0 saturated heterocycles. The maximum absolute atomic E-state index is 12.2. The smallest absolute Gasteiger partial charge is 0.337 e. The number of ketones is 1. The molecule has 1 aromatic carbocycles. The number of carbonyl (C=O) groups excluding carboxylic acids is 1. The first-order valence-electron chi connectivity index (χ1n) is 11.6. The van der Waals surface area contributed by atoms with Gasteiger partial charge in [-0.1, -0.05) is 108 Å². The highest BCUT2D eigenvalue weighted by Gasteiger charge is 2.13. The Bertz CT molecular complexity index is 598. The number of Topliss-reactive ketones (excluding diaryl/α,β-unsaturated/α-hetero) is 1. The van der Waals surface area contributed by atoms with Crippen LogP contribution in [0.25, 0.3) is 0 Å². The minimum absolute atomic E-state index is 0.00105. The van der Waals surface area contributed by atoms with Crippen LogP contribution >= 0.6 is 11.6 Å². The Morgan fingerprint density at radius 3 is 1.66 bits per heavy atom. The van der Waals surface area contributed by atoms with Gasteiger partial charge < -0.3 is 5.11 Å². The molecule has 0 aliphatic rings. The van der Waals surface area contributed by atoms with Crippen LogP contribution < -0.4 is 0 Å². The van der Waals surface area contributed by atoms with E-state index in [2.05, 4.69) is 6.92 Å². The first-order chi connectivity index (χ1) is 14.1. The third-order valence-corrected chi connectivity index (χ3v) is 5.86. The normalized spacial score (nSPS) is 11.0. The van der Waals surface area contributed by atoms with Gasteiger partial charge in [0.15, 0.2) is 5.78 Å². The number of carboxylic acid groups (broad SMARTS) is 1. The molecule has 0 atom stereocenters. The Morgan fingerprint density at radius 2 is 1.21 bits per heavy atom. The van der Waals surface area contributed by atoms with Gasteiger partial charge in [0.05, 0.1) is 10.6 Å². The number of benzene rings is 1. The minimum Gasteiger partial charge on any atom is -0.478 e. The predicted octanol–water partition coefficient (Wildman–Crippen LogP) is 8.48. The largest absolute Gasteiger partial charge is 0.478 e. The van der Waals surface area contributed by atoms with E-state index in [1.54, 1.807) is 6.07 Å². The number of unbranched alkanes of at least 4 members (excludes halogenated alkanes) is 14. The van der Waals surface area contributed by atoms with E-state index in [4.69, 9.17) is 16.7 Å². The summed E-state index contributed by atoms with van der Waals surface area (Å²) in [5, 5.41) is 9.26. The van der Waals surface area contributed by atoms with Crippen molar-refractivity contribution in [2.24, 2.45) is 0 Å². The fourth-order valence-electron chi connectivity index (χ4n) is 3.66. The van der Waals surface area contributed by atoms with Crippen molar-refractivity contribution in [1.29, 1.82) is 0 Å². The van der Waals surface area contributed by atoms with Gasteiger partial charge in [0.1, 0.15) is 0 Å². The van der Waals surface area contributed by atoms with Crippen LogP contribution in [0.2, 0.25) is 5.02 Å². The molecule has 0 radical (unpaired) electrons. The van der Waals surface area contributed by atoms with E-state index in [0.29, 0.717) is 12.0 Å². The standard InChI is InChI=1S/C25H39ClO3/c1-2-3-4-5-6-7-8-9-10-11-12-13-14-15-16-17-24(27)21-18-19-23(26)22(20-21)25(28)29/h18-20H,2-17H2,1H3,(H,28,29). The van der Waals surface area contributed by atoms with Crippen molar-refractivity contribution in [3.8, 4) is 0 Å². The highest BCUT2D eigenvalue weighted by Crippen LogP contribution is 2.20. The second-order valence-electron chi connectivity index (χ2n) is 8.12. The van der Waals surface area contributed by atoms with Gasteiger partial charge in [0.2, 0.25) is 0 Å². The molecule has 29 heavy (non-hydrogen) atoms. The lowest BCUT2D eigenvalue weighted by Crippen LogP contribution is -2.03. The zero-order valence-electron chi connectivity index (χ0n) is 18.2. The number of halogens is 1. The molecule has 1 aromatic rings. The van der Waals surface area contributed by atoms with Gasteiger partial charge in [-0.25, -0.2) is 4.79 Å². The van der Waals surface area contributed by atoms with Crippen LogP contribution in [-0.2, 0) is 0 Å². The monoisotopic (exact) mass is 422 g/mol. The van der Waals surface area contributed by atoms with Gasteiger partial charge >= 0.3 is 5.97 Å². The van der Waals surface area contributed by atoms with Crippen molar-refractivity contribution in [2.75, 3.05) is 0 Å². The van der Waals surface area contributed by atoms with Crippen molar-refractivity contribution < 1.29 is 14.7 Å². The van der Waals surface area contributed by atoms with Crippen LogP contribution in [0.15, 0.2) is 18.2 Å². The average Bonchev–Trinajstić information content (AvgIpc) is 2.70. The van der Waals surface area contributed by atoms with Crippen molar-refractivity contribution in [3.63, 3.8) is 0 Å². The number of hydrogen-bond acceptors (Lipinski definition) is 2. The van der Waals surface area contributed by atoms with E-state index in [-0.39, 0.29) is 16.4 Å². The fourth-order valence-corrected chi connectivity index (χ4v) is 3.86. The Morgan fingerprint density at radius 1 is 0.759 bits per heavy atom. The molecule has 1 rings (SSSR count). The van der Waals surface area contributed by atoms with Crippen molar-refractivity contribution in [2.45, 2.75) is 110 Å². The molecular weight excluding hydrogens is 384 g/mol. The summed E-state index contributed by atoms with van der Waals surface area (Å²) in [5.74, 6) is -1.10. The second-order valence-corrected chi connectivity index (χ2v) is 8.53. The zero-order chi connectivity index (χ0) is 21.3. The summed E-state index contributed by atoms with van der Waals surface area (Å²) >= 11 is 5.85. The Balaban J connectivity index is 1.98. The van der Waals surface area contributed by atoms with Gasteiger partial charge in [-0.05, 0) is 24.6 Å². The summed E-state index contributed by atoms with van der Waals surface area (Å²) in [7, 11) is 0. The molecule has 0 heterocycles. The van der Waals surface area contributed by atoms with Gasteiger partial charge in [-0.3, -0.25) is 4.79 Å². The lowest BCUT2D eigenvalue weighted by molar-refractivity contribution is 0.0697. The molecule has 0 aliphatic carbocycles. The van der Waals surface area contributed by atoms with E-state index in [1.807, 2.05) is 0 Å². The first kappa shape index (κ1) is 25.7. The lowest BCUT2D eigenvalue weighted by Gasteiger charge is -2.05. The summed E-state index contributed by atoms with van der Waals surface area (Å²) in [6.07, 6.45) is 19.9. The van der Waals surface area contributed by atoms with Gasteiger partial charge in [-0.2, -0.15) is 0 Å². The third-order valence-electron chi connectivity index (χ3n) is 5.53. The Labute approximate surface area is 182 Å². The highest BCUT2D eigenvalue weighted by molar-refractivity contribution is 6.33. The first-order valence-corrected chi connectivity index (χ1v) is 12.0. The molecule has 0 aliphatic heterocycles. The number of rotatable bonds is 18. The van der Waals surface area contributed by atoms with Crippen LogP contribution in [-0.4, -0.2) is 16.9 Å². The van der Waals surface area contributed by atoms with Crippen molar-refractivity contribution >= 4 is 23.4 Å². The zero-order valence-corrected chi connectivity index (χ0v) is 18.9. The van der Waals surface area contributed by atoms with E-state index < -0.39 is 5.97 Å². The number of aromatic carboxylic acids is 1. The van der Waals surface area contributed by atoms with Gasteiger partial charge in [-0.15, -0.1) is 0 Å². The van der Waals surface area contributed by atoms with Crippen LogP contribution in [0, 0.1) is 0 Å². The SMILES string of the molecule is CCCCCCCCCCCCCCCCCC(=O)c1ccc(Cl)c(C(=O)O)c1. The predicted molar refractivity (Wildman–Crippen MR) is 122 cm³/mol. The Hall–Kier alpha value is -1.35. The average molecular weight is 423 g/mol. The van der Waals surface area contributed by atoms with E-state index in [0.717, 1.165) is 12.8 Å². The number of carboxylic acids is 1. The summed E-state index contributed by atoms with van der Waals surface area (Å²) in [6.45, 7) is 2.26. The van der Waals surface area contributed by atoms with Crippen LogP contribution in [0.1, 0.15) is 130 Å². The molecule has 0 spiro atoms. The summed E-state index contributed by atoms with van der Waals surface area (Å²) < 4.78 is 0. The Kier molecular flexibility index (Phi) is 14.6. The molecule has 164 valence electrons. The topological polar surface area (TPSA) is 54.4 Å². The molecule has 0 bridgehead atoms. The fraction of sp³-hybridized carbons (Fsp3) is 0.680. The third kappa shape index (κ3) is 12.1. The molecule has 0 aromatic heterocycles. The van der Waals surface area contributed by atoms with Crippen LogP contribution in [0.5, 0.6) is 0 Å². The minimum atomic E-state index is -1.10. The molecular formula is C25H39ClO3. The lowest BCUT2D eigenvalue weighted by atomic mass is 10.0. The van der Waals surface area contributed by atoms with Crippen LogP contribution in [0.4, 0.5) is 0 Å². The summed E-state index contributed by atoms with van der Waals surface area (Å²) in [6, 6.07) is 4.49.